The molecule has 1 aliphatic heterocycles. The molecule has 2 aliphatic rings. The van der Waals surface area contributed by atoms with Crippen molar-refractivity contribution in [2.45, 2.75) is 76.7 Å². The smallest absolute Gasteiger partial charge is 0.168 e. The van der Waals surface area contributed by atoms with Gasteiger partial charge >= 0.3 is 0 Å². The lowest BCUT2D eigenvalue weighted by atomic mass is 9.78. The third-order valence-corrected chi connectivity index (χ3v) is 6.30. The summed E-state index contributed by atoms with van der Waals surface area (Å²) in [4.78, 5) is 0. The van der Waals surface area contributed by atoms with Gasteiger partial charge < -0.3 is 24.6 Å². The van der Waals surface area contributed by atoms with Crippen LogP contribution in [0.3, 0.4) is 0 Å². The molecule has 5 heteroatoms. The first-order valence-corrected chi connectivity index (χ1v) is 10.7. The molecule has 2 N–H and O–H groups in total. The van der Waals surface area contributed by atoms with Crippen molar-refractivity contribution in [1.29, 1.82) is 0 Å². The Morgan fingerprint density at radius 2 is 1.68 bits per heavy atom. The fraction of sp³-hybridized carbons (Fsp3) is 0.739. The summed E-state index contributed by atoms with van der Waals surface area (Å²) in [6, 6.07) is 8.51. The van der Waals surface area contributed by atoms with Crippen LogP contribution in [0.15, 0.2) is 24.3 Å². The van der Waals surface area contributed by atoms with Crippen molar-refractivity contribution < 1.29 is 19.3 Å². The lowest BCUT2D eigenvalue weighted by Crippen LogP contribution is -2.52. The highest BCUT2D eigenvalue weighted by atomic mass is 16.7. The van der Waals surface area contributed by atoms with Gasteiger partial charge in [0.05, 0.1) is 25.9 Å². The third-order valence-electron chi connectivity index (χ3n) is 6.30. The highest BCUT2D eigenvalue weighted by molar-refractivity contribution is 5.29. The maximum absolute atomic E-state index is 11.0. The average Bonchev–Trinajstić information content (AvgIpc) is 2.70. The van der Waals surface area contributed by atoms with E-state index < -0.39 is 11.4 Å². The molecule has 0 radical (unpaired) electrons. The first-order chi connectivity index (χ1) is 13.3. The van der Waals surface area contributed by atoms with E-state index in [0.29, 0.717) is 0 Å². The topological polar surface area (TPSA) is 60.0 Å². The minimum atomic E-state index is -0.629. The molecule has 1 aromatic carbocycles. The Morgan fingerprint density at radius 3 is 2.21 bits per heavy atom. The maximum atomic E-state index is 11.0. The van der Waals surface area contributed by atoms with Gasteiger partial charge in [-0.3, -0.25) is 0 Å². The van der Waals surface area contributed by atoms with Crippen molar-refractivity contribution in [1.82, 2.24) is 5.32 Å². The molecule has 0 aromatic heterocycles. The van der Waals surface area contributed by atoms with Crippen molar-refractivity contribution in [3.63, 3.8) is 0 Å². The van der Waals surface area contributed by atoms with E-state index >= 15 is 0 Å². The number of ether oxygens (including phenoxy) is 3. The largest absolute Gasteiger partial charge is 0.497 e. The number of aliphatic hydroxyl groups is 1. The fourth-order valence-electron chi connectivity index (χ4n) is 4.19. The molecule has 0 amide bonds. The molecule has 1 heterocycles. The van der Waals surface area contributed by atoms with Gasteiger partial charge in [0.25, 0.3) is 0 Å². The summed E-state index contributed by atoms with van der Waals surface area (Å²) in [6.07, 6.45) is 4.76. The summed E-state index contributed by atoms with van der Waals surface area (Å²) in [6.45, 7) is 8.76. The predicted molar refractivity (Wildman–Crippen MR) is 110 cm³/mol. The minimum Gasteiger partial charge on any atom is -0.497 e. The molecule has 1 atom stereocenters. The number of hydrogen-bond donors (Lipinski definition) is 2. The molecule has 0 bridgehead atoms. The summed E-state index contributed by atoms with van der Waals surface area (Å²) in [7, 11) is 1.68. The van der Waals surface area contributed by atoms with Gasteiger partial charge in [-0.1, -0.05) is 32.9 Å². The second kappa shape index (κ2) is 8.70. The van der Waals surface area contributed by atoms with E-state index in [9.17, 15) is 5.11 Å². The van der Waals surface area contributed by atoms with Gasteiger partial charge in [0.2, 0.25) is 0 Å². The Hall–Kier alpha value is -1.14. The van der Waals surface area contributed by atoms with Crippen LogP contribution < -0.4 is 10.1 Å². The van der Waals surface area contributed by atoms with Crippen molar-refractivity contribution >= 4 is 0 Å². The molecule has 1 saturated heterocycles. The van der Waals surface area contributed by atoms with Crippen molar-refractivity contribution in [2.75, 3.05) is 26.9 Å². The van der Waals surface area contributed by atoms with Gasteiger partial charge in [0.1, 0.15) is 5.75 Å². The molecule has 5 nitrogen and oxygen atoms in total. The lowest BCUT2D eigenvalue weighted by molar-refractivity contribution is -0.319. The highest BCUT2D eigenvalue weighted by Gasteiger charge is 2.46. The standard InChI is InChI=1S/C23H37NO4/c1-5-20(18-6-8-19(26-4)9-7-18)24-15-14-22(25)10-12-23(13-11-22)27-16-21(2,3)17-28-23/h6-9,20,24-25H,5,10-17H2,1-4H3/t20-/m0/s1. The predicted octanol–water partition coefficient (Wildman–Crippen LogP) is 4.20. The Kier molecular flexibility index (Phi) is 6.70. The van der Waals surface area contributed by atoms with Gasteiger partial charge in [-0.05, 0) is 49.9 Å². The number of rotatable bonds is 7. The molecule has 1 spiro atoms. The molecular formula is C23H37NO4. The monoisotopic (exact) mass is 391 g/mol. The molecule has 1 saturated carbocycles. The molecule has 1 aromatic rings. The molecule has 1 aliphatic carbocycles. The van der Waals surface area contributed by atoms with Crippen LogP contribution in [0.4, 0.5) is 0 Å². The summed E-state index contributed by atoms with van der Waals surface area (Å²) in [5, 5.41) is 14.7. The Labute approximate surface area is 169 Å². The van der Waals surface area contributed by atoms with Gasteiger partial charge in [0.15, 0.2) is 5.79 Å². The first-order valence-electron chi connectivity index (χ1n) is 10.7. The van der Waals surface area contributed by atoms with E-state index in [0.717, 1.165) is 64.0 Å². The first kappa shape index (κ1) is 21.6. The van der Waals surface area contributed by atoms with Gasteiger partial charge in [-0.25, -0.2) is 0 Å². The molecule has 3 rings (SSSR count). The van der Waals surface area contributed by atoms with Crippen LogP contribution in [0.2, 0.25) is 0 Å². The summed E-state index contributed by atoms with van der Waals surface area (Å²) in [5.74, 6) is 0.407. The van der Waals surface area contributed by atoms with Crippen LogP contribution in [-0.4, -0.2) is 43.4 Å². The van der Waals surface area contributed by atoms with E-state index in [-0.39, 0.29) is 11.5 Å². The van der Waals surface area contributed by atoms with Gasteiger partial charge in [-0.2, -0.15) is 0 Å². The minimum absolute atomic E-state index is 0.0829. The fourth-order valence-corrected chi connectivity index (χ4v) is 4.19. The molecule has 28 heavy (non-hydrogen) atoms. The zero-order valence-electron chi connectivity index (χ0n) is 17.9. The number of hydrogen-bond acceptors (Lipinski definition) is 5. The zero-order chi connectivity index (χ0) is 20.3. The van der Waals surface area contributed by atoms with E-state index in [4.69, 9.17) is 14.2 Å². The molecular weight excluding hydrogens is 354 g/mol. The van der Waals surface area contributed by atoms with Crippen LogP contribution in [0.25, 0.3) is 0 Å². The molecule has 2 fully saturated rings. The zero-order valence-corrected chi connectivity index (χ0v) is 17.9. The second-order valence-electron chi connectivity index (χ2n) is 9.31. The van der Waals surface area contributed by atoms with Gasteiger partial charge in [0, 0.05) is 24.3 Å². The Bertz CT molecular complexity index is 608. The quantitative estimate of drug-likeness (QED) is 0.729. The normalized spacial score (nSPS) is 24.0. The average molecular weight is 392 g/mol. The van der Waals surface area contributed by atoms with Crippen LogP contribution in [0, 0.1) is 5.41 Å². The van der Waals surface area contributed by atoms with Crippen LogP contribution in [0.1, 0.15) is 70.9 Å². The number of benzene rings is 1. The van der Waals surface area contributed by atoms with E-state index in [1.54, 1.807) is 7.11 Å². The van der Waals surface area contributed by atoms with Crippen LogP contribution in [0.5, 0.6) is 5.75 Å². The molecule has 0 unspecified atom stereocenters. The van der Waals surface area contributed by atoms with E-state index in [1.165, 1.54) is 5.56 Å². The number of methoxy groups -OCH3 is 1. The molecule has 158 valence electrons. The van der Waals surface area contributed by atoms with Crippen LogP contribution >= 0.6 is 0 Å². The van der Waals surface area contributed by atoms with Crippen LogP contribution in [-0.2, 0) is 9.47 Å². The summed E-state index contributed by atoms with van der Waals surface area (Å²) in [5.41, 5.74) is 0.708. The van der Waals surface area contributed by atoms with Gasteiger partial charge in [-0.15, -0.1) is 0 Å². The summed E-state index contributed by atoms with van der Waals surface area (Å²) < 4.78 is 17.4. The van der Waals surface area contributed by atoms with Crippen molar-refractivity contribution in [2.24, 2.45) is 5.41 Å². The Morgan fingerprint density at radius 1 is 1.07 bits per heavy atom. The van der Waals surface area contributed by atoms with E-state index in [2.05, 4.69) is 38.2 Å². The lowest BCUT2D eigenvalue weighted by Gasteiger charge is -2.48. The van der Waals surface area contributed by atoms with E-state index in [1.807, 2.05) is 12.1 Å². The number of nitrogens with one attached hydrogen (secondary N) is 1. The Balaban J connectivity index is 1.46. The SMILES string of the molecule is CC[C@H](NCCC1(O)CCC2(CC1)OCC(C)(C)CO2)c1ccc(OC)cc1. The third kappa shape index (κ3) is 5.26. The second-order valence-corrected chi connectivity index (χ2v) is 9.31. The van der Waals surface area contributed by atoms with Crippen molar-refractivity contribution in [3.05, 3.63) is 29.8 Å². The van der Waals surface area contributed by atoms with Crippen molar-refractivity contribution in [3.8, 4) is 5.75 Å². The highest BCUT2D eigenvalue weighted by Crippen LogP contribution is 2.43. The summed E-state index contributed by atoms with van der Waals surface area (Å²) >= 11 is 0. The maximum Gasteiger partial charge on any atom is 0.168 e.